The molecule has 0 bridgehead atoms. The Bertz CT molecular complexity index is 715. The van der Waals surface area contributed by atoms with Gasteiger partial charge < -0.3 is 14.8 Å². The topological polar surface area (TPSA) is 53.4 Å². The Kier molecular flexibility index (Phi) is 5.45. The lowest BCUT2D eigenvalue weighted by molar-refractivity contribution is -0.132. The third kappa shape index (κ3) is 4.24. The minimum absolute atomic E-state index is 0.0467. The molecule has 0 spiro atoms. The first-order valence-corrected chi connectivity index (χ1v) is 8.45. The van der Waals surface area contributed by atoms with Gasteiger partial charge in [0, 0.05) is 52.7 Å². The summed E-state index contributed by atoms with van der Waals surface area (Å²) >= 11 is 0. The van der Waals surface area contributed by atoms with Gasteiger partial charge in [-0.1, -0.05) is 12.1 Å². The molecule has 7 heteroatoms. The Hall–Kier alpha value is -2.25. The summed E-state index contributed by atoms with van der Waals surface area (Å²) in [6.07, 6.45) is 3.70. The molecule has 1 aliphatic heterocycles. The monoisotopic (exact) mass is 345 g/mol. The van der Waals surface area contributed by atoms with E-state index in [1.54, 1.807) is 30.3 Å². The van der Waals surface area contributed by atoms with Crippen LogP contribution in [0.3, 0.4) is 0 Å². The number of amides is 1. The molecular weight excluding hydrogens is 321 g/mol. The van der Waals surface area contributed by atoms with E-state index in [9.17, 15) is 9.18 Å². The third-order valence-corrected chi connectivity index (χ3v) is 4.61. The molecule has 1 atom stereocenters. The van der Waals surface area contributed by atoms with Gasteiger partial charge in [-0.15, -0.1) is 0 Å². The lowest BCUT2D eigenvalue weighted by Crippen LogP contribution is -2.50. The summed E-state index contributed by atoms with van der Waals surface area (Å²) in [6, 6.07) is 6.33. The Morgan fingerprint density at radius 3 is 2.84 bits per heavy atom. The van der Waals surface area contributed by atoms with Crippen molar-refractivity contribution in [3.8, 4) is 0 Å². The highest BCUT2D eigenvalue weighted by atomic mass is 19.1. The van der Waals surface area contributed by atoms with Crippen molar-refractivity contribution in [3.63, 3.8) is 0 Å². The molecule has 1 fully saturated rings. The highest BCUT2D eigenvalue weighted by Crippen LogP contribution is 2.20. The summed E-state index contributed by atoms with van der Waals surface area (Å²) < 4.78 is 15.0. The van der Waals surface area contributed by atoms with E-state index in [1.165, 1.54) is 12.1 Å². The van der Waals surface area contributed by atoms with Gasteiger partial charge in [0.05, 0.1) is 12.6 Å². The van der Waals surface area contributed by atoms with E-state index < -0.39 is 0 Å². The molecule has 1 aliphatic rings. The molecule has 1 unspecified atom stereocenters. The van der Waals surface area contributed by atoms with Gasteiger partial charge in [-0.25, -0.2) is 9.37 Å². The largest absolute Gasteiger partial charge is 0.340 e. The molecule has 6 nitrogen and oxygen atoms in total. The molecule has 1 saturated heterocycles. The molecule has 25 heavy (non-hydrogen) atoms. The van der Waals surface area contributed by atoms with Crippen molar-refractivity contribution in [1.29, 1.82) is 0 Å². The van der Waals surface area contributed by atoms with Crippen LogP contribution in [-0.4, -0.2) is 58.5 Å². The second-order valence-electron chi connectivity index (χ2n) is 6.46. The standard InChI is InChI=1S/C18H24FN5O/c1-22-9-8-21-18(22)16-11-20-7-10-24(16)13-17(25)23(2)12-14-3-5-15(19)6-4-14/h3-6,8-9,16,20H,7,10-13H2,1-2H3. The summed E-state index contributed by atoms with van der Waals surface area (Å²) in [5.41, 5.74) is 0.915. The molecule has 1 N–H and O–H groups in total. The van der Waals surface area contributed by atoms with Gasteiger partial charge in [0.1, 0.15) is 11.6 Å². The predicted molar refractivity (Wildman–Crippen MR) is 93.3 cm³/mol. The van der Waals surface area contributed by atoms with E-state index in [4.69, 9.17) is 0 Å². The van der Waals surface area contributed by atoms with Crippen LogP contribution in [0.25, 0.3) is 0 Å². The van der Waals surface area contributed by atoms with Crippen molar-refractivity contribution in [3.05, 3.63) is 53.9 Å². The molecule has 0 aliphatic carbocycles. The maximum Gasteiger partial charge on any atom is 0.236 e. The predicted octanol–water partition coefficient (Wildman–Crippen LogP) is 1.16. The van der Waals surface area contributed by atoms with E-state index in [-0.39, 0.29) is 17.8 Å². The van der Waals surface area contributed by atoms with Crippen molar-refractivity contribution in [2.45, 2.75) is 12.6 Å². The summed E-state index contributed by atoms with van der Waals surface area (Å²) in [5, 5.41) is 3.37. The maximum atomic E-state index is 13.0. The minimum atomic E-state index is -0.267. The normalized spacial score (nSPS) is 18.3. The van der Waals surface area contributed by atoms with Crippen LogP contribution in [0.4, 0.5) is 4.39 Å². The smallest absolute Gasteiger partial charge is 0.236 e. The first kappa shape index (κ1) is 17.6. The van der Waals surface area contributed by atoms with Gasteiger partial charge in [-0.2, -0.15) is 0 Å². The first-order chi connectivity index (χ1) is 12.0. The minimum Gasteiger partial charge on any atom is -0.340 e. The van der Waals surface area contributed by atoms with Crippen LogP contribution >= 0.6 is 0 Å². The fourth-order valence-corrected chi connectivity index (χ4v) is 3.13. The highest BCUT2D eigenvalue weighted by Gasteiger charge is 2.28. The molecular formula is C18H24FN5O. The number of aromatic nitrogens is 2. The summed E-state index contributed by atoms with van der Waals surface area (Å²) in [4.78, 5) is 20.9. The Morgan fingerprint density at radius 1 is 1.40 bits per heavy atom. The number of rotatable bonds is 5. The Labute approximate surface area is 147 Å². The Balaban J connectivity index is 1.63. The number of piperazine rings is 1. The van der Waals surface area contributed by atoms with Gasteiger partial charge in [0.2, 0.25) is 5.91 Å². The summed E-state index contributed by atoms with van der Waals surface area (Å²) in [5.74, 6) is 0.739. The SMILES string of the molecule is CN(Cc1ccc(F)cc1)C(=O)CN1CCNCC1c1nccn1C. The molecule has 1 amide bonds. The van der Waals surface area contributed by atoms with Crippen LogP contribution in [0.1, 0.15) is 17.4 Å². The van der Waals surface area contributed by atoms with Crippen molar-refractivity contribution < 1.29 is 9.18 Å². The maximum absolute atomic E-state index is 13.0. The number of benzene rings is 1. The number of likely N-dealkylation sites (N-methyl/N-ethyl adjacent to an activating group) is 1. The molecule has 0 saturated carbocycles. The molecule has 1 aromatic heterocycles. The quantitative estimate of drug-likeness (QED) is 0.884. The fourth-order valence-electron chi connectivity index (χ4n) is 3.13. The molecule has 2 aromatic rings. The molecule has 2 heterocycles. The number of halogens is 1. The van der Waals surface area contributed by atoms with Crippen LogP contribution in [0.15, 0.2) is 36.7 Å². The number of nitrogens with zero attached hydrogens (tertiary/aromatic N) is 4. The van der Waals surface area contributed by atoms with Crippen LogP contribution in [0.5, 0.6) is 0 Å². The average molecular weight is 345 g/mol. The van der Waals surface area contributed by atoms with E-state index in [1.807, 2.05) is 17.8 Å². The van der Waals surface area contributed by atoms with Crippen LogP contribution in [0, 0.1) is 5.82 Å². The highest BCUT2D eigenvalue weighted by molar-refractivity contribution is 5.78. The first-order valence-electron chi connectivity index (χ1n) is 8.45. The number of carbonyl (C=O) groups is 1. The van der Waals surface area contributed by atoms with Gasteiger partial charge >= 0.3 is 0 Å². The number of imidazole rings is 1. The molecule has 3 rings (SSSR count). The molecule has 0 radical (unpaired) electrons. The van der Waals surface area contributed by atoms with Crippen LogP contribution < -0.4 is 5.32 Å². The van der Waals surface area contributed by atoms with Crippen molar-refractivity contribution in [2.75, 3.05) is 33.2 Å². The van der Waals surface area contributed by atoms with Crippen molar-refractivity contribution >= 4 is 5.91 Å². The van der Waals surface area contributed by atoms with Gasteiger partial charge in [-0.05, 0) is 17.7 Å². The zero-order chi connectivity index (χ0) is 17.8. The lowest BCUT2D eigenvalue weighted by atomic mass is 10.1. The zero-order valence-electron chi connectivity index (χ0n) is 14.7. The summed E-state index contributed by atoms with van der Waals surface area (Å²) in [6.45, 7) is 3.25. The third-order valence-electron chi connectivity index (χ3n) is 4.61. The van der Waals surface area contributed by atoms with E-state index in [2.05, 4.69) is 15.2 Å². The summed E-state index contributed by atoms with van der Waals surface area (Å²) in [7, 11) is 3.75. The lowest BCUT2D eigenvalue weighted by Gasteiger charge is -2.36. The average Bonchev–Trinajstić information content (AvgIpc) is 3.03. The van der Waals surface area contributed by atoms with Crippen molar-refractivity contribution in [2.24, 2.45) is 7.05 Å². The van der Waals surface area contributed by atoms with E-state index in [0.29, 0.717) is 13.1 Å². The van der Waals surface area contributed by atoms with Gasteiger partial charge in [0.25, 0.3) is 0 Å². The number of aryl methyl sites for hydroxylation is 1. The van der Waals surface area contributed by atoms with E-state index >= 15 is 0 Å². The fraction of sp³-hybridized carbons (Fsp3) is 0.444. The van der Waals surface area contributed by atoms with Crippen molar-refractivity contribution in [1.82, 2.24) is 24.7 Å². The Morgan fingerprint density at radius 2 is 2.16 bits per heavy atom. The van der Waals surface area contributed by atoms with Crippen LogP contribution in [0.2, 0.25) is 0 Å². The van der Waals surface area contributed by atoms with Gasteiger partial charge in [-0.3, -0.25) is 9.69 Å². The zero-order valence-corrected chi connectivity index (χ0v) is 14.7. The number of carbonyl (C=O) groups excluding carboxylic acids is 1. The van der Waals surface area contributed by atoms with Gasteiger partial charge in [0.15, 0.2) is 0 Å². The molecule has 134 valence electrons. The second kappa shape index (κ2) is 7.76. The number of hydrogen-bond donors (Lipinski definition) is 1. The second-order valence-corrected chi connectivity index (χ2v) is 6.46. The number of nitrogens with one attached hydrogen (secondary N) is 1. The van der Waals surface area contributed by atoms with E-state index in [0.717, 1.165) is 31.0 Å². The van der Waals surface area contributed by atoms with Crippen LogP contribution in [-0.2, 0) is 18.4 Å². The molecule has 1 aromatic carbocycles. The number of hydrogen-bond acceptors (Lipinski definition) is 4.